The number of carbonyl (C=O) groups excluding carboxylic acids is 1. The number of rotatable bonds is 5. The van der Waals surface area contributed by atoms with E-state index in [0.29, 0.717) is 17.3 Å². The molecule has 0 atom stereocenters. The fourth-order valence-corrected chi connectivity index (χ4v) is 2.14. The highest BCUT2D eigenvalue weighted by Crippen LogP contribution is 2.38. The first-order chi connectivity index (χ1) is 10.6. The van der Waals surface area contributed by atoms with Gasteiger partial charge in [-0.3, -0.25) is 4.79 Å². The van der Waals surface area contributed by atoms with E-state index in [2.05, 4.69) is 15.5 Å². The van der Waals surface area contributed by atoms with Crippen molar-refractivity contribution >= 4 is 11.6 Å². The molecule has 1 aromatic carbocycles. The molecule has 0 unspecified atom stereocenters. The number of nitrogens with one attached hydrogen (secondary N) is 1. The van der Waals surface area contributed by atoms with Gasteiger partial charge < -0.3 is 10.1 Å². The molecule has 22 heavy (non-hydrogen) atoms. The number of aromatic nitrogens is 2. The first kappa shape index (κ1) is 14.5. The SMILES string of the molecule is CC(C)Oc1ccc(NC(=O)c2ccc(C3CC3)nn2)cc1. The lowest BCUT2D eigenvalue weighted by Gasteiger charge is -2.10. The van der Waals surface area contributed by atoms with Crippen molar-refractivity contribution in [2.45, 2.75) is 38.7 Å². The van der Waals surface area contributed by atoms with Crippen molar-refractivity contribution in [3.63, 3.8) is 0 Å². The van der Waals surface area contributed by atoms with Crippen molar-refractivity contribution in [3.05, 3.63) is 47.8 Å². The van der Waals surface area contributed by atoms with Crippen LogP contribution in [0.4, 0.5) is 5.69 Å². The van der Waals surface area contributed by atoms with Crippen LogP contribution in [-0.2, 0) is 0 Å². The number of nitrogens with zero attached hydrogens (tertiary/aromatic N) is 2. The van der Waals surface area contributed by atoms with Crippen LogP contribution in [0.1, 0.15) is 48.8 Å². The van der Waals surface area contributed by atoms with Gasteiger partial charge in [0.2, 0.25) is 0 Å². The summed E-state index contributed by atoms with van der Waals surface area (Å²) in [6.07, 6.45) is 2.47. The third kappa shape index (κ3) is 3.61. The standard InChI is InChI=1S/C17H19N3O2/c1-11(2)22-14-7-5-13(6-8-14)18-17(21)16-10-9-15(19-20-16)12-3-4-12/h5-12H,3-4H2,1-2H3,(H,18,21). The molecule has 114 valence electrons. The van der Waals surface area contributed by atoms with E-state index in [0.717, 1.165) is 11.4 Å². The molecule has 5 heteroatoms. The number of amides is 1. The summed E-state index contributed by atoms with van der Waals surface area (Å²) >= 11 is 0. The van der Waals surface area contributed by atoms with Crippen LogP contribution in [0.3, 0.4) is 0 Å². The van der Waals surface area contributed by atoms with Gasteiger partial charge in [0.25, 0.3) is 5.91 Å². The Balaban J connectivity index is 1.62. The van der Waals surface area contributed by atoms with E-state index in [1.54, 1.807) is 6.07 Å². The first-order valence-corrected chi connectivity index (χ1v) is 7.53. The van der Waals surface area contributed by atoms with E-state index in [4.69, 9.17) is 4.74 Å². The lowest BCUT2D eigenvalue weighted by molar-refractivity contribution is 0.102. The summed E-state index contributed by atoms with van der Waals surface area (Å²) in [6, 6.07) is 10.9. The van der Waals surface area contributed by atoms with Crippen LogP contribution in [0.5, 0.6) is 5.75 Å². The summed E-state index contributed by atoms with van der Waals surface area (Å²) < 4.78 is 5.57. The zero-order chi connectivity index (χ0) is 15.5. The second kappa shape index (κ2) is 6.13. The molecule has 0 spiro atoms. The number of carbonyl (C=O) groups is 1. The maximum absolute atomic E-state index is 12.1. The monoisotopic (exact) mass is 297 g/mol. The third-order valence-corrected chi connectivity index (χ3v) is 3.40. The van der Waals surface area contributed by atoms with Gasteiger partial charge in [0.05, 0.1) is 11.8 Å². The molecule has 0 aliphatic heterocycles. The van der Waals surface area contributed by atoms with Crippen LogP contribution in [0.25, 0.3) is 0 Å². The van der Waals surface area contributed by atoms with Crippen molar-refractivity contribution in [1.82, 2.24) is 10.2 Å². The molecule has 0 bridgehead atoms. The minimum atomic E-state index is -0.257. The average Bonchev–Trinajstić information content (AvgIpc) is 3.34. The molecule has 0 radical (unpaired) electrons. The van der Waals surface area contributed by atoms with Crippen molar-refractivity contribution < 1.29 is 9.53 Å². The Labute approximate surface area is 129 Å². The van der Waals surface area contributed by atoms with Gasteiger partial charge in [-0.1, -0.05) is 0 Å². The molecule has 0 saturated heterocycles. The molecule has 1 aliphatic carbocycles. The van der Waals surface area contributed by atoms with Crippen LogP contribution in [0.15, 0.2) is 36.4 Å². The van der Waals surface area contributed by atoms with Gasteiger partial charge >= 0.3 is 0 Å². The summed E-state index contributed by atoms with van der Waals surface area (Å²) in [6.45, 7) is 3.94. The molecule has 1 heterocycles. The molecule has 1 N–H and O–H groups in total. The Morgan fingerprint density at radius 2 is 1.86 bits per heavy atom. The van der Waals surface area contributed by atoms with Gasteiger partial charge in [-0.25, -0.2) is 0 Å². The molecule has 1 aliphatic rings. The molecule has 5 nitrogen and oxygen atoms in total. The van der Waals surface area contributed by atoms with Gasteiger partial charge in [-0.05, 0) is 63.1 Å². The van der Waals surface area contributed by atoms with Gasteiger partial charge in [0.15, 0.2) is 5.69 Å². The smallest absolute Gasteiger partial charge is 0.276 e. The maximum Gasteiger partial charge on any atom is 0.276 e. The molecule has 2 aromatic rings. The predicted molar refractivity (Wildman–Crippen MR) is 84.2 cm³/mol. The van der Waals surface area contributed by atoms with Crippen molar-refractivity contribution in [2.75, 3.05) is 5.32 Å². The van der Waals surface area contributed by atoms with Gasteiger partial charge in [-0.15, -0.1) is 5.10 Å². The van der Waals surface area contributed by atoms with E-state index < -0.39 is 0 Å². The minimum absolute atomic E-state index is 0.126. The predicted octanol–water partition coefficient (Wildman–Crippen LogP) is 3.39. The highest BCUT2D eigenvalue weighted by atomic mass is 16.5. The maximum atomic E-state index is 12.1. The van der Waals surface area contributed by atoms with E-state index in [9.17, 15) is 4.79 Å². The number of hydrogen-bond donors (Lipinski definition) is 1. The van der Waals surface area contributed by atoms with Crippen LogP contribution in [0, 0.1) is 0 Å². The normalized spacial score (nSPS) is 14.0. The van der Waals surface area contributed by atoms with Crippen LogP contribution in [-0.4, -0.2) is 22.2 Å². The first-order valence-electron chi connectivity index (χ1n) is 7.53. The lowest BCUT2D eigenvalue weighted by atomic mass is 10.2. The zero-order valence-electron chi connectivity index (χ0n) is 12.7. The molecule has 1 amide bonds. The second-order valence-electron chi connectivity index (χ2n) is 5.76. The van der Waals surface area contributed by atoms with Crippen LogP contribution < -0.4 is 10.1 Å². The van der Waals surface area contributed by atoms with Crippen LogP contribution in [0.2, 0.25) is 0 Å². The highest BCUT2D eigenvalue weighted by Gasteiger charge is 2.25. The number of anilines is 1. The summed E-state index contributed by atoms with van der Waals surface area (Å²) in [5.74, 6) is 1.06. The molecule has 1 aromatic heterocycles. The summed E-state index contributed by atoms with van der Waals surface area (Å²) in [7, 11) is 0. The highest BCUT2D eigenvalue weighted by molar-refractivity contribution is 6.02. The zero-order valence-corrected chi connectivity index (χ0v) is 12.7. The van der Waals surface area contributed by atoms with Crippen molar-refractivity contribution in [2.24, 2.45) is 0 Å². The van der Waals surface area contributed by atoms with E-state index in [1.165, 1.54) is 12.8 Å². The molecule has 1 saturated carbocycles. The molecule has 1 fully saturated rings. The fourth-order valence-electron chi connectivity index (χ4n) is 2.14. The van der Waals surface area contributed by atoms with Crippen LogP contribution >= 0.6 is 0 Å². The lowest BCUT2D eigenvalue weighted by Crippen LogP contribution is -2.14. The largest absolute Gasteiger partial charge is 0.491 e. The number of benzene rings is 1. The molecular weight excluding hydrogens is 278 g/mol. The topological polar surface area (TPSA) is 64.1 Å². The van der Waals surface area contributed by atoms with Crippen molar-refractivity contribution in [1.29, 1.82) is 0 Å². The van der Waals surface area contributed by atoms with Gasteiger partial charge in [-0.2, -0.15) is 5.10 Å². The molecular formula is C17H19N3O2. The Morgan fingerprint density at radius 3 is 2.41 bits per heavy atom. The van der Waals surface area contributed by atoms with Gasteiger partial charge in [0, 0.05) is 11.6 Å². The Bertz CT molecular complexity index is 647. The minimum Gasteiger partial charge on any atom is -0.491 e. The second-order valence-corrected chi connectivity index (χ2v) is 5.76. The molecule has 3 rings (SSSR count). The average molecular weight is 297 g/mol. The number of hydrogen-bond acceptors (Lipinski definition) is 4. The van der Waals surface area contributed by atoms with E-state index in [1.807, 2.05) is 44.2 Å². The summed E-state index contributed by atoms with van der Waals surface area (Å²) in [5, 5.41) is 10.9. The van der Waals surface area contributed by atoms with Crippen molar-refractivity contribution in [3.8, 4) is 5.75 Å². The van der Waals surface area contributed by atoms with Gasteiger partial charge in [0.1, 0.15) is 5.75 Å². The fraction of sp³-hybridized carbons (Fsp3) is 0.353. The third-order valence-electron chi connectivity index (χ3n) is 3.40. The summed E-state index contributed by atoms with van der Waals surface area (Å²) in [4.78, 5) is 12.1. The Hall–Kier alpha value is -2.43. The van der Waals surface area contributed by atoms with E-state index >= 15 is 0 Å². The summed E-state index contributed by atoms with van der Waals surface area (Å²) in [5.41, 5.74) is 2.01. The quantitative estimate of drug-likeness (QED) is 0.918. The van der Waals surface area contributed by atoms with E-state index in [-0.39, 0.29) is 12.0 Å². The number of ether oxygens (including phenoxy) is 1. The Morgan fingerprint density at radius 1 is 1.14 bits per heavy atom. The Kier molecular flexibility index (Phi) is 4.04.